The summed E-state index contributed by atoms with van der Waals surface area (Å²) in [7, 11) is 0. The van der Waals surface area contributed by atoms with Gasteiger partial charge in [-0.25, -0.2) is 0 Å². The largest absolute Gasteiger partial charge is 0.493 e. The fourth-order valence-corrected chi connectivity index (χ4v) is 2.22. The van der Waals surface area contributed by atoms with Gasteiger partial charge in [-0.15, -0.1) is 0 Å². The first-order valence-corrected chi connectivity index (χ1v) is 8.44. The minimum Gasteiger partial charge on any atom is -0.493 e. The average Bonchev–Trinajstić information content (AvgIpc) is 2.58. The van der Waals surface area contributed by atoms with Gasteiger partial charge in [0.15, 0.2) is 12.1 Å². The number of hydrogen-bond acceptors (Lipinski definition) is 6. The Morgan fingerprint density at radius 3 is 2.12 bits per heavy atom. The zero-order chi connectivity index (χ0) is 17.8. The molecular weight excluding hydrogens is 308 g/mol. The van der Waals surface area contributed by atoms with E-state index in [2.05, 4.69) is 0 Å². The van der Waals surface area contributed by atoms with E-state index < -0.39 is 0 Å². The number of ketones is 1. The van der Waals surface area contributed by atoms with Crippen LogP contribution in [0, 0.1) is 0 Å². The van der Waals surface area contributed by atoms with Crippen molar-refractivity contribution in [1.29, 1.82) is 0 Å². The molecule has 0 spiro atoms. The molecule has 6 nitrogen and oxygen atoms in total. The Morgan fingerprint density at radius 1 is 0.958 bits per heavy atom. The lowest BCUT2D eigenvalue weighted by Gasteiger charge is -2.14. The van der Waals surface area contributed by atoms with E-state index in [1.807, 2.05) is 0 Å². The summed E-state index contributed by atoms with van der Waals surface area (Å²) in [4.78, 5) is 23.1. The molecule has 1 aromatic rings. The lowest BCUT2D eigenvalue weighted by molar-refractivity contribution is 0.101. The molecule has 0 fully saturated rings. The van der Waals surface area contributed by atoms with Crippen LogP contribution in [0.4, 0.5) is 0 Å². The molecule has 0 heterocycles. The number of Topliss-reactive ketones (excluding diaryl/α,β-unsaturated/α-hetero) is 1. The van der Waals surface area contributed by atoms with E-state index in [-0.39, 0.29) is 5.78 Å². The van der Waals surface area contributed by atoms with E-state index in [0.717, 1.165) is 32.1 Å². The summed E-state index contributed by atoms with van der Waals surface area (Å²) in [5, 5.41) is 0. The molecule has 0 aromatic heterocycles. The fraction of sp³-hybridized carbons (Fsp3) is 0.556. The minimum atomic E-state index is -0.148. The van der Waals surface area contributed by atoms with Gasteiger partial charge in [0, 0.05) is 6.07 Å². The van der Waals surface area contributed by atoms with Gasteiger partial charge >= 0.3 is 0 Å². The first-order chi connectivity index (χ1) is 11.6. The van der Waals surface area contributed by atoms with Crippen molar-refractivity contribution in [2.24, 2.45) is 11.5 Å². The van der Waals surface area contributed by atoms with Gasteiger partial charge in [-0.3, -0.25) is 9.59 Å². The number of aldehydes is 1. The van der Waals surface area contributed by atoms with Crippen molar-refractivity contribution >= 4 is 12.1 Å². The molecule has 6 heteroatoms. The van der Waals surface area contributed by atoms with Crippen molar-refractivity contribution in [3.05, 3.63) is 23.3 Å². The molecule has 0 bridgehead atoms. The summed E-state index contributed by atoms with van der Waals surface area (Å²) in [5.41, 5.74) is 11.7. The highest BCUT2D eigenvalue weighted by atomic mass is 16.5. The van der Waals surface area contributed by atoms with Gasteiger partial charge in [-0.05, 0) is 58.2 Å². The lowest BCUT2D eigenvalue weighted by atomic mass is 10.1. The Hall–Kier alpha value is -1.92. The average molecular weight is 336 g/mol. The summed E-state index contributed by atoms with van der Waals surface area (Å²) in [6.07, 6.45) is 5.13. The van der Waals surface area contributed by atoms with E-state index in [4.69, 9.17) is 20.9 Å². The van der Waals surface area contributed by atoms with Crippen LogP contribution in [0.5, 0.6) is 11.5 Å². The van der Waals surface area contributed by atoms with Gasteiger partial charge in [0.2, 0.25) is 0 Å². The van der Waals surface area contributed by atoms with E-state index in [1.165, 1.54) is 13.0 Å². The maximum Gasteiger partial charge on any atom is 0.163 e. The summed E-state index contributed by atoms with van der Waals surface area (Å²) < 4.78 is 11.4. The number of nitrogens with two attached hydrogens (primary N) is 2. The molecule has 0 aliphatic carbocycles. The third-order valence-corrected chi connectivity index (χ3v) is 3.58. The molecule has 0 aliphatic heterocycles. The lowest BCUT2D eigenvalue weighted by Crippen LogP contribution is -2.08. The van der Waals surface area contributed by atoms with Crippen LogP contribution >= 0.6 is 0 Å². The molecule has 0 saturated heterocycles. The van der Waals surface area contributed by atoms with Crippen molar-refractivity contribution in [2.75, 3.05) is 26.3 Å². The second-order valence-electron chi connectivity index (χ2n) is 5.60. The molecule has 24 heavy (non-hydrogen) atoms. The molecule has 1 rings (SSSR count). The standard InChI is InChI=1S/C18H28N2O4/c1-14(22)16-11-15(13-21)17(23-10-6-4-8-20)12-18(16)24-9-5-2-3-7-19/h11-13H,2-10,19-20H2,1H3. The van der Waals surface area contributed by atoms with Crippen LogP contribution in [0.1, 0.15) is 59.7 Å². The highest BCUT2D eigenvalue weighted by molar-refractivity contribution is 5.99. The highest BCUT2D eigenvalue weighted by Crippen LogP contribution is 2.29. The molecule has 134 valence electrons. The Balaban J connectivity index is 2.84. The summed E-state index contributed by atoms with van der Waals surface area (Å²) in [6.45, 7) is 3.67. The van der Waals surface area contributed by atoms with Gasteiger partial charge < -0.3 is 20.9 Å². The molecule has 0 radical (unpaired) electrons. The van der Waals surface area contributed by atoms with E-state index >= 15 is 0 Å². The number of carbonyl (C=O) groups excluding carboxylic acids is 2. The van der Waals surface area contributed by atoms with Crippen LogP contribution in [0.2, 0.25) is 0 Å². The minimum absolute atomic E-state index is 0.148. The van der Waals surface area contributed by atoms with Crippen molar-refractivity contribution < 1.29 is 19.1 Å². The zero-order valence-corrected chi connectivity index (χ0v) is 14.4. The Morgan fingerprint density at radius 2 is 1.54 bits per heavy atom. The monoisotopic (exact) mass is 336 g/mol. The third-order valence-electron chi connectivity index (χ3n) is 3.58. The number of carbonyl (C=O) groups is 2. The second kappa shape index (κ2) is 11.6. The van der Waals surface area contributed by atoms with Crippen LogP contribution in [-0.4, -0.2) is 38.4 Å². The van der Waals surface area contributed by atoms with Crippen molar-refractivity contribution in [2.45, 2.75) is 39.0 Å². The topological polar surface area (TPSA) is 105 Å². The number of ether oxygens (including phenoxy) is 2. The van der Waals surface area contributed by atoms with Gasteiger partial charge in [-0.1, -0.05) is 0 Å². The Bertz CT molecular complexity index is 532. The van der Waals surface area contributed by atoms with Gasteiger partial charge in [0.25, 0.3) is 0 Å². The van der Waals surface area contributed by atoms with Gasteiger partial charge in [0.1, 0.15) is 11.5 Å². The first kappa shape index (κ1) is 20.1. The number of rotatable bonds is 13. The molecule has 4 N–H and O–H groups in total. The normalized spacial score (nSPS) is 10.5. The molecule has 0 amide bonds. The molecule has 0 aliphatic rings. The van der Waals surface area contributed by atoms with Crippen LogP contribution in [0.25, 0.3) is 0 Å². The Labute approximate surface area is 143 Å². The van der Waals surface area contributed by atoms with E-state index in [1.54, 1.807) is 6.07 Å². The van der Waals surface area contributed by atoms with E-state index in [9.17, 15) is 9.59 Å². The van der Waals surface area contributed by atoms with Gasteiger partial charge in [-0.2, -0.15) is 0 Å². The maximum absolute atomic E-state index is 11.8. The van der Waals surface area contributed by atoms with E-state index in [0.29, 0.717) is 55.2 Å². The van der Waals surface area contributed by atoms with Crippen LogP contribution in [0.15, 0.2) is 12.1 Å². The SMILES string of the molecule is CC(=O)c1cc(C=O)c(OCCCCN)cc1OCCCCCN. The predicted octanol–water partition coefficient (Wildman–Crippen LogP) is 2.33. The molecule has 0 unspecified atom stereocenters. The van der Waals surface area contributed by atoms with Crippen LogP contribution in [-0.2, 0) is 0 Å². The molecule has 0 saturated carbocycles. The smallest absolute Gasteiger partial charge is 0.163 e. The second-order valence-corrected chi connectivity index (χ2v) is 5.60. The van der Waals surface area contributed by atoms with Crippen LogP contribution < -0.4 is 20.9 Å². The number of hydrogen-bond donors (Lipinski definition) is 2. The molecule has 0 atom stereocenters. The predicted molar refractivity (Wildman–Crippen MR) is 94.0 cm³/mol. The molecular formula is C18H28N2O4. The number of benzene rings is 1. The quantitative estimate of drug-likeness (QED) is 0.325. The van der Waals surface area contributed by atoms with Gasteiger partial charge in [0.05, 0.1) is 24.3 Å². The zero-order valence-electron chi connectivity index (χ0n) is 14.4. The van der Waals surface area contributed by atoms with Crippen LogP contribution in [0.3, 0.4) is 0 Å². The maximum atomic E-state index is 11.8. The highest BCUT2D eigenvalue weighted by Gasteiger charge is 2.15. The summed E-state index contributed by atoms with van der Waals surface area (Å²) in [6, 6.07) is 3.16. The number of unbranched alkanes of at least 4 members (excludes halogenated alkanes) is 3. The van der Waals surface area contributed by atoms with Crippen molar-refractivity contribution in [3.8, 4) is 11.5 Å². The van der Waals surface area contributed by atoms with Crippen molar-refractivity contribution in [3.63, 3.8) is 0 Å². The molecule has 1 aromatic carbocycles. The first-order valence-electron chi connectivity index (χ1n) is 8.44. The van der Waals surface area contributed by atoms with Crippen molar-refractivity contribution in [1.82, 2.24) is 0 Å². The third kappa shape index (κ3) is 6.68. The Kier molecular flexibility index (Phi) is 9.72. The fourth-order valence-electron chi connectivity index (χ4n) is 2.22. The summed E-state index contributed by atoms with van der Waals surface area (Å²) in [5.74, 6) is 0.739. The summed E-state index contributed by atoms with van der Waals surface area (Å²) >= 11 is 0.